The van der Waals surface area contributed by atoms with Gasteiger partial charge in [0.05, 0.1) is 11.0 Å². The van der Waals surface area contributed by atoms with Crippen LogP contribution in [0.4, 0.5) is 4.39 Å². The van der Waals surface area contributed by atoms with Crippen LogP contribution in [0.2, 0.25) is 0 Å². The van der Waals surface area contributed by atoms with Crippen molar-refractivity contribution in [3.63, 3.8) is 0 Å². The summed E-state index contributed by atoms with van der Waals surface area (Å²) in [5, 5.41) is 0. The van der Waals surface area contributed by atoms with E-state index in [-0.39, 0.29) is 17.4 Å². The van der Waals surface area contributed by atoms with Crippen LogP contribution < -0.4 is 5.73 Å². The van der Waals surface area contributed by atoms with Gasteiger partial charge >= 0.3 is 0 Å². The lowest BCUT2D eigenvalue weighted by atomic mass is 9.94. The van der Waals surface area contributed by atoms with Crippen LogP contribution in [-0.4, -0.2) is 15.1 Å². The maximum Gasteiger partial charge on any atom is 0.125 e. The molecule has 1 heterocycles. The summed E-state index contributed by atoms with van der Waals surface area (Å²) in [6, 6.07) is 5.05. The maximum atomic E-state index is 13.5. The third kappa shape index (κ3) is 2.33. The lowest BCUT2D eigenvalue weighted by Gasteiger charge is -2.24. The highest BCUT2D eigenvalue weighted by molar-refractivity contribution is 5.76. The summed E-state index contributed by atoms with van der Waals surface area (Å²) < 4.78 is 15.6. The van der Waals surface area contributed by atoms with E-state index in [9.17, 15) is 4.39 Å². The molecule has 2 aromatic rings. The molecule has 0 atom stereocenters. The predicted molar refractivity (Wildman–Crippen MR) is 79.2 cm³/mol. The quantitative estimate of drug-likeness (QED) is 0.930. The fraction of sp³-hybridized carbons (Fsp3) is 0.562. The maximum absolute atomic E-state index is 13.5. The van der Waals surface area contributed by atoms with E-state index in [1.807, 2.05) is 0 Å². The van der Waals surface area contributed by atoms with Crippen LogP contribution in [0.1, 0.15) is 51.4 Å². The Balaban J connectivity index is 2.07. The van der Waals surface area contributed by atoms with Crippen molar-refractivity contribution < 1.29 is 4.39 Å². The van der Waals surface area contributed by atoms with Gasteiger partial charge in [0, 0.05) is 18.0 Å². The van der Waals surface area contributed by atoms with Crippen LogP contribution in [0.15, 0.2) is 18.2 Å². The SMILES string of the molecule is CC(C)n1c(CC2(N)CCCC2)nc2ccc(F)cc21. The first-order valence-electron chi connectivity index (χ1n) is 7.44. The molecule has 20 heavy (non-hydrogen) atoms. The number of nitrogens with two attached hydrogens (primary N) is 1. The number of imidazole rings is 1. The molecule has 1 fully saturated rings. The zero-order chi connectivity index (χ0) is 14.3. The van der Waals surface area contributed by atoms with Crippen molar-refractivity contribution >= 4 is 11.0 Å². The number of hydrogen-bond acceptors (Lipinski definition) is 2. The number of aromatic nitrogens is 2. The molecule has 1 aliphatic rings. The highest BCUT2D eigenvalue weighted by Crippen LogP contribution is 2.32. The Bertz CT molecular complexity index is 624. The van der Waals surface area contributed by atoms with Crippen molar-refractivity contribution in [1.82, 2.24) is 9.55 Å². The van der Waals surface area contributed by atoms with Gasteiger partial charge < -0.3 is 10.3 Å². The molecule has 0 radical (unpaired) electrons. The summed E-state index contributed by atoms with van der Waals surface area (Å²) in [7, 11) is 0. The molecule has 2 N–H and O–H groups in total. The molecular weight excluding hydrogens is 253 g/mol. The van der Waals surface area contributed by atoms with E-state index in [1.165, 1.54) is 18.9 Å². The third-order valence-corrected chi connectivity index (χ3v) is 4.35. The van der Waals surface area contributed by atoms with Crippen molar-refractivity contribution in [2.45, 2.75) is 57.5 Å². The Hall–Kier alpha value is -1.42. The van der Waals surface area contributed by atoms with E-state index < -0.39 is 0 Å². The summed E-state index contributed by atoms with van der Waals surface area (Å²) in [6.07, 6.45) is 5.30. The number of benzene rings is 1. The normalized spacial score (nSPS) is 18.2. The number of fused-ring (bicyclic) bond motifs is 1. The molecule has 1 saturated carbocycles. The highest BCUT2D eigenvalue weighted by atomic mass is 19.1. The predicted octanol–water partition coefficient (Wildman–Crippen LogP) is 3.57. The first-order chi connectivity index (χ1) is 9.48. The van der Waals surface area contributed by atoms with E-state index in [4.69, 9.17) is 10.7 Å². The fourth-order valence-corrected chi connectivity index (χ4v) is 3.39. The largest absolute Gasteiger partial charge is 0.325 e. The zero-order valence-corrected chi connectivity index (χ0v) is 12.2. The molecule has 0 bridgehead atoms. The fourth-order valence-electron chi connectivity index (χ4n) is 3.39. The van der Waals surface area contributed by atoms with Gasteiger partial charge in [-0.05, 0) is 44.9 Å². The Labute approximate surface area is 119 Å². The van der Waals surface area contributed by atoms with E-state index >= 15 is 0 Å². The Morgan fingerprint density at radius 2 is 2.05 bits per heavy atom. The monoisotopic (exact) mass is 275 g/mol. The number of rotatable bonds is 3. The van der Waals surface area contributed by atoms with Gasteiger partial charge in [0.2, 0.25) is 0 Å². The molecule has 3 nitrogen and oxygen atoms in total. The molecule has 1 aliphatic carbocycles. The molecule has 0 amide bonds. The summed E-state index contributed by atoms with van der Waals surface area (Å²) in [5.74, 6) is 0.777. The van der Waals surface area contributed by atoms with E-state index in [1.54, 1.807) is 12.1 Å². The van der Waals surface area contributed by atoms with Crippen molar-refractivity contribution in [2.24, 2.45) is 5.73 Å². The molecule has 0 saturated heterocycles. The molecule has 3 rings (SSSR count). The van der Waals surface area contributed by atoms with Crippen LogP contribution in [-0.2, 0) is 6.42 Å². The molecule has 108 valence electrons. The van der Waals surface area contributed by atoms with Gasteiger partial charge in [0.15, 0.2) is 0 Å². The highest BCUT2D eigenvalue weighted by Gasteiger charge is 2.31. The minimum atomic E-state index is -0.214. The molecule has 4 heteroatoms. The van der Waals surface area contributed by atoms with E-state index in [2.05, 4.69) is 18.4 Å². The molecule has 1 aromatic heterocycles. The van der Waals surface area contributed by atoms with Crippen molar-refractivity contribution in [1.29, 1.82) is 0 Å². The Morgan fingerprint density at radius 3 is 2.70 bits per heavy atom. The topological polar surface area (TPSA) is 43.8 Å². The van der Waals surface area contributed by atoms with Crippen LogP contribution >= 0.6 is 0 Å². The van der Waals surface area contributed by atoms with Gasteiger partial charge in [0.25, 0.3) is 0 Å². The third-order valence-electron chi connectivity index (χ3n) is 4.35. The smallest absolute Gasteiger partial charge is 0.125 e. The van der Waals surface area contributed by atoms with Gasteiger partial charge in [-0.25, -0.2) is 9.37 Å². The minimum absolute atomic E-state index is 0.132. The zero-order valence-electron chi connectivity index (χ0n) is 12.2. The van der Waals surface area contributed by atoms with Crippen molar-refractivity contribution in [3.8, 4) is 0 Å². The minimum Gasteiger partial charge on any atom is -0.325 e. The van der Waals surface area contributed by atoms with Gasteiger partial charge in [-0.15, -0.1) is 0 Å². The lowest BCUT2D eigenvalue weighted by Crippen LogP contribution is -2.39. The average molecular weight is 275 g/mol. The second kappa shape index (κ2) is 4.85. The molecular formula is C16H22FN3. The molecule has 0 spiro atoms. The Kier molecular flexibility index (Phi) is 3.28. The van der Waals surface area contributed by atoms with Crippen LogP contribution in [0.3, 0.4) is 0 Å². The van der Waals surface area contributed by atoms with E-state index in [0.29, 0.717) is 0 Å². The van der Waals surface area contributed by atoms with E-state index in [0.717, 1.165) is 36.1 Å². The number of nitrogens with zero attached hydrogens (tertiary/aromatic N) is 2. The number of halogens is 1. The number of hydrogen-bond donors (Lipinski definition) is 1. The summed E-state index contributed by atoms with van der Waals surface area (Å²) >= 11 is 0. The lowest BCUT2D eigenvalue weighted by molar-refractivity contribution is 0.413. The molecule has 0 unspecified atom stereocenters. The van der Waals surface area contributed by atoms with Gasteiger partial charge in [-0.3, -0.25) is 0 Å². The first kappa shape index (κ1) is 13.6. The van der Waals surface area contributed by atoms with Crippen molar-refractivity contribution in [3.05, 3.63) is 29.8 Å². The van der Waals surface area contributed by atoms with Crippen molar-refractivity contribution in [2.75, 3.05) is 0 Å². The molecule has 0 aliphatic heterocycles. The first-order valence-corrected chi connectivity index (χ1v) is 7.44. The van der Waals surface area contributed by atoms with Crippen LogP contribution in [0.5, 0.6) is 0 Å². The second-order valence-electron chi connectivity index (χ2n) is 6.37. The van der Waals surface area contributed by atoms with Gasteiger partial charge in [-0.1, -0.05) is 12.8 Å². The van der Waals surface area contributed by atoms with Gasteiger partial charge in [-0.2, -0.15) is 0 Å². The average Bonchev–Trinajstić information content (AvgIpc) is 2.92. The van der Waals surface area contributed by atoms with Crippen LogP contribution in [0, 0.1) is 5.82 Å². The van der Waals surface area contributed by atoms with Gasteiger partial charge in [0.1, 0.15) is 11.6 Å². The summed E-state index contributed by atoms with van der Waals surface area (Å²) in [5.41, 5.74) is 8.08. The summed E-state index contributed by atoms with van der Waals surface area (Å²) in [6.45, 7) is 4.21. The second-order valence-corrected chi connectivity index (χ2v) is 6.37. The van der Waals surface area contributed by atoms with Crippen LogP contribution in [0.25, 0.3) is 11.0 Å². The Morgan fingerprint density at radius 1 is 1.35 bits per heavy atom. The molecule has 1 aromatic carbocycles. The summed E-state index contributed by atoms with van der Waals surface area (Å²) in [4.78, 5) is 4.70. The standard InChI is InChI=1S/C16H22FN3/c1-11(2)20-14-9-12(17)5-6-13(14)19-15(20)10-16(18)7-3-4-8-16/h5-6,9,11H,3-4,7-8,10,18H2,1-2H3.